The number of aromatic nitrogens is 2. The van der Waals surface area contributed by atoms with E-state index in [1.54, 1.807) is 0 Å². The minimum Gasteiger partial charge on any atom is -0.381 e. The molecule has 0 radical (unpaired) electrons. The maximum absolute atomic E-state index is 5.53. The Morgan fingerprint density at radius 3 is 3.00 bits per heavy atom. The largest absolute Gasteiger partial charge is 0.381 e. The maximum Gasteiger partial charge on any atom is 0.159 e. The van der Waals surface area contributed by atoms with E-state index in [4.69, 9.17) is 17.3 Å². The zero-order valence-corrected chi connectivity index (χ0v) is 7.73. The van der Waals surface area contributed by atoms with Crippen LogP contribution < -0.4 is 5.73 Å². The first-order valence-corrected chi connectivity index (χ1v) is 4.13. The molecule has 0 unspecified atom stereocenters. The van der Waals surface area contributed by atoms with Crippen molar-refractivity contribution in [1.82, 2.24) is 9.97 Å². The summed E-state index contributed by atoms with van der Waals surface area (Å²) in [4.78, 5) is 7.67. The predicted molar refractivity (Wildman–Crippen MR) is 52.2 cm³/mol. The van der Waals surface area contributed by atoms with E-state index in [0.29, 0.717) is 11.4 Å². The third-order valence-corrected chi connectivity index (χ3v) is 1.40. The van der Waals surface area contributed by atoms with E-state index in [9.17, 15) is 0 Å². The van der Waals surface area contributed by atoms with Crippen LogP contribution in [0.5, 0.6) is 0 Å². The molecular formula is C7H6ClN3S. The summed E-state index contributed by atoms with van der Waals surface area (Å²) in [5.74, 6) is 6.13. The van der Waals surface area contributed by atoms with Crippen LogP contribution in [0, 0.1) is 11.8 Å². The first-order chi connectivity index (χ1) is 5.74. The van der Waals surface area contributed by atoms with Gasteiger partial charge in [0, 0.05) is 0 Å². The molecule has 5 heteroatoms. The Labute approximate surface area is 80.8 Å². The van der Waals surface area contributed by atoms with E-state index in [1.807, 2.05) is 0 Å². The topological polar surface area (TPSA) is 51.8 Å². The van der Waals surface area contributed by atoms with Crippen molar-refractivity contribution >= 4 is 30.0 Å². The van der Waals surface area contributed by atoms with Gasteiger partial charge in [0.15, 0.2) is 11.5 Å². The predicted octanol–water partition coefficient (Wildman–Crippen LogP) is 0.993. The number of hydrogen-bond acceptors (Lipinski definition) is 4. The monoisotopic (exact) mass is 199 g/mol. The van der Waals surface area contributed by atoms with Crippen LogP contribution >= 0.6 is 24.2 Å². The molecule has 0 spiro atoms. The van der Waals surface area contributed by atoms with Gasteiger partial charge >= 0.3 is 0 Å². The average molecular weight is 200 g/mol. The molecule has 0 saturated heterocycles. The van der Waals surface area contributed by atoms with Crippen molar-refractivity contribution in [2.24, 2.45) is 0 Å². The minimum atomic E-state index is 0.247. The van der Waals surface area contributed by atoms with Gasteiger partial charge < -0.3 is 5.73 Å². The lowest BCUT2D eigenvalue weighted by Gasteiger charge is -1.94. The summed E-state index contributed by atoms with van der Waals surface area (Å²) in [5, 5.41) is 0.268. The Morgan fingerprint density at radius 2 is 2.42 bits per heavy atom. The fraction of sp³-hybridized carbons (Fsp3) is 0.143. The van der Waals surface area contributed by atoms with Crippen molar-refractivity contribution in [3.05, 3.63) is 17.0 Å². The third-order valence-electron chi connectivity index (χ3n) is 1.06. The number of nitrogen functional groups attached to an aromatic ring is 1. The minimum absolute atomic E-state index is 0.247. The summed E-state index contributed by atoms with van der Waals surface area (Å²) in [7, 11) is 0. The Kier molecular flexibility index (Phi) is 3.20. The van der Waals surface area contributed by atoms with Gasteiger partial charge in [0.1, 0.15) is 5.15 Å². The van der Waals surface area contributed by atoms with E-state index in [0.717, 1.165) is 0 Å². The summed E-state index contributed by atoms with van der Waals surface area (Å²) in [6, 6.07) is 0. The molecule has 1 heterocycles. The average Bonchev–Trinajstić information content (AvgIpc) is 2.03. The third kappa shape index (κ3) is 2.29. The molecule has 0 atom stereocenters. The molecule has 1 aromatic heterocycles. The van der Waals surface area contributed by atoms with Gasteiger partial charge in [-0.15, -0.1) is 0 Å². The van der Waals surface area contributed by atoms with E-state index >= 15 is 0 Å². The maximum atomic E-state index is 5.53. The Bertz CT molecular complexity index is 342. The summed E-state index contributed by atoms with van der Waals surface area (Å²) >= 11 is 9.45. The van der Waals surface area contributed by atoms with Crippen LogP contribution in [0.1, 0.15) is 5.69 Å². The Hall–Kier alpha value is -0.920. The van der Waals surface area contributed by atoms with Crippen molar-refractivity contribution in [1.29, 1.82) is 0 Å². The fourth-order valence-corrected chi connectivity index (χ4v) is 0.819. The highest BCUT2D eigenvalue weighted by Gasteiger charge is 1.98. The van der Waals surface area contributed by atoms with Crippen LogP contribution in [0.4, 0.5) is 5.82 Å². The summed E-state index contributed by atoms with van der Waals surface area (Å²) in [6.07, 6.45) is 1.40. The van der Waals surface area contributed by atoms with Crippen molar-refractivity contribution in [2.75, 3.05) is 11.5 Å². The molecule has 12 heavy (non-hydrogen) atoms. The molecule has 1 aromatic rings. The Morgan fingerprint density at radius 1 is 1.67 bits per heavy atom. The van der Waals surface area contributed by atoms with Gasteiger partial charge in [0.25, 0.3) is 0 Å². The van der Waals surface area contributed by atoms with Gasteiger partial charge in [-0.25, -0.2) is 9.97 Å². The molecule has 2 N–H and O–H groups in total. The van der Waals surface area contributed by atoms with Crippen molar-refractivity contribution in [3.8, 4) is 11.8 Å². The highest BCUT2D eigenvalue weighted by atomic mass is 35.5. The molecule has 62 valence electrons. The van der Waals surface area contributed by atoms with E-state index < -0.39 is 0 Å². The molecule has 0 fully saturated rings. The molecule has 0 bridgehead atoms. The molecule has 0 saturated carbocycles. The molecular weight excluding hydrogens is 194 g/mol. The van der Waals surface area contributed by atoms with Crippen molar-refractivity contribution < 1.29 is 0 Å². The Balaban J connectivity index is 3.01. The second-order valence-corrected chi connectivity index (χ2v) is 2.59. The van der Waals surface area contributed by atoms with Crippen LogP contribution in [-0.2, 0) is 0 Å². The molecule has 0 aromatic carbocycles. The van der Waals surface area contributed by atoms with Gasteiger partial charge in [-0.3, -0.25) is 0 Å². The smallest absolute Gasteiger partial charge is 0.159 e. The second-order valence-electron chi connectivity index (χ2n) is 1.89. The SMILES string of the molecule is Nc1nc(Cl)cnc1C#CCS. The normalized spacial score (nSPS) is 8.83. The summed E-state index contributed by atoms with van der Waals surface area (Å²) in [6.45, 7) is 0. The van der Waals surface area contributed by atoms with Crippen LogP contribution in [0.3, 0.4) is 0 Å². The van der Waals surface area contributed by atoms with Gasteiger partial charge in [-0.05, 0) is 5.92 Å². The first-order valence-electron chi connectivity index (χ1n) is 3.12. The van der Waals surface area contributed by atoms with Gasteiger partial charge in [0.05, 0.1) is 11.9 Å². The lowest BCUT2D eigenvalue weighted by atomic mass is 10.4. The van der Waals surface area contributed by atoms with E-state index in [1.165, 1.54) is 6.20 Å². The molecule has 0 aliphatic carbocycles. The zero-order chi connectivity index (χ0) is 8.97. The van der Waals surface area contributed by atoms with Crippen molar-refractivity contribution in [3.63, 3.8) is 0 Å². The summed E-state index contributed by atoms with van der Waals surface area (Å²) in [5.41, 5.74) is 5.92. The highest BCUT2D eigenvalue weighted by Crippen LogP contribution is 2.08. The molecule has 0 aliphatic rings. The van der Waals surface area contributed by atoms with E-state index in [2.05, 4.69) is 34.4 Å². The van der Waals surface area contributed by atoms with Gasteiger partial charge in [-0.2, -0.15) is 12.6 Å². The zero-order valence-electron chi connectivity index (χ0n) is 6.08. The fourth-order valence-electron chi connectivity index (χ4n) is 0.600. The first kappa shape index (κ1) is 9.17. The van der Waals surface area contributed by atoms with Crippen LogP contribution in [0.25, 0.3) is 0 Å². The van der Waals surface area contributed by atoms with E-state index in [-0.39, 0.29) is 11.0 Å². The number of rotatable bonds is 0. The highest BCUT2D eigenvalue weighted by molar-refractivity contribution is 7.80. The van der Waals surface area contributed by atoms with Crippen LogP contribution in [0.15, 0.2) is 6.20 Å². The number of nitrogens with two attached hydrogens (primary N) is 1. The molecule has 0 amide bonds. The summed E-state index contributed by atoms with van der Waals surface area (Å²) < 4.78 is 0. The number of nitrogens with zero attached hydrogens (tertiary/aromatic N) is 2. The quantitative estimate of drug-likeness (QED) is 0.484. The van der Waals surface area contributed by atoms with Gasteiger partial charge in [0.2, 0.25) is 0 Å². The van der Waals surface area contributed by atoms with Crippen LogP contribution in [-0.4, -0.2) is 15.7 Å². The number of halogens is 1. The molecule has 3 nitrogen and oxygen atoms in total. The lowest BCUT2D eigenvalue weighted by molar-refractivity contribution is 1.18. The van der Waals surface area contributed by atoms with Crippen molar-refractivity contribution in [2.45, 2.75) is 0 Å². The molecule has 1 rings (SSSR count). The standard InChI is InChI=1S/C7H6ClN3S/c8-6-4-10-5(2-1-3-12)7(9)11-6/h4,12H,3H2,(H2,9,11). The second kappa shape index (κ2) is 4.19. The van der Waals surface area contributed by atoms with Crippen LogP contribution in [0.2, 0.25) is 5.15 Å². The lowest BCUT2D eigenvalue weighted by Crippen LogP contribution is -1.97. The van der Waals surface area contributed by atoms with Gasteiger partial charge in [-0.1, -0.05) is 17.5 Å². The number of hydrogen-bond donors (Lipinski definition) is 2. The number of anilines is 1. The number of thiol groups is 1. The molecule has 0 aliphatic heterocycles.